The van der Waals surface area contributed by atoms with Crippen LogP contribution in [0.3, 0.4) is 0 Å². The standard InChI is InChI=1S/C11H18N4S/c1-2-9-8-15(5-6-16-9)11-10(7-12)13-3-4-14-11/h3-4,9H,2,5-8,12H2,1H3. The summed E-state index contributed by atoms with van der Waals surface area (Å²) in [5.41, 5.74) is 6.60. The van der Waals surface area contributed by atoms with Crippen molar-refractivity contribution in [3.05, 3.63) is 18.1 Å². The Morgan fingerprint density at radius 1 is 1.50 bits per heavy atom. The number of hydrogen-bond donors (Lipinski definition) is 1. The van der Waals surface area contributed by atoms with Crippen molar-refractivity contribution < 1.29 is 0 Å². The van der Waals surface area contributed by atoms with E-state index in [4.69, 9.17) is 5.73 Å². The average Bonchev–Trinajstić information content (AvgIpc) is 2.38. The van der Waals surface area contributed by atoms with Gasteiger partial charge in [0.1, 0.15) is 0 Å². The summed E-state index contributed by atoms with van der Waals surface area (Å²) >= 11 is 2.05. The van der Waals surface area contributed by atoms with E-state index in [-0.39, 0.29) is 0 Å². The third-order valence-corrected chi connectivity index (χ3v) is 4.21. The summed E-state index contributed by atoms with van der Waals surface area (Å²) in [7, 11) is 0. The highest BCUT2D eigenvalue weighted by atomic mass is 32.2. The molecule has 0 aromatic carbocycles. The molecule has 2 heterocycles. The summed E-state index contributed by atoms with van der Waals surface area (Å²) in [5.74, 6) is 2.14. The lowest BCUT2D eigenvalue weighted by atomic mass is 10.2. The maximum absolute atomic E-state index is 5.69. The molecule has 4 nitrogen and oxygen atoms in total. The minimum Gasteiger partial charge on any atom is -0.353 e. The van der Waals surface area contributed by atoms with Gasteiger partial charge in [-0.15, -0.1) is 0 Å². The molecule has 1 saturated heterocycles. The minimum atomic E-state index is 0.462. The van der Waals surface area contributed by atoms with Gasteiger partial charge in [0.15, 0.2) is 5.82 Å². The Labute approximate surface area is 101 Å². The third-order valence-electron chi connectivity index (χ3n) is 2.84. The van der Waals surface area contributed by atoms with Crippen molar-refractivity contribution in [1.29, 1.82) is 0 Å². The Hall–Kier alpha value is -0.810. The second-order valence-electron chi connectivity index (χ2n) is 3.88. The zero-order valence-electron chi connectivity index (χ0n) is 9.59. The van der Waals surface area contributed by atoms with Crippen LogP contribution in [0.2, 0.25) is 0 Å². The molecule has 0 aliphatic carbocycles. The molecule has 2 N–H and O–H groups in total. The Morgan fingerprint density at radius 2 is 2.31 bits per heavy atom. The Morgan fingerprint density at radius 3 is 3.06 bits per heavy atom. The first-order valence-corrected chi connectivity index (χ1v) is 6.76. The van der Waals surface area contributed by atoms with Gasteiger partial charge in [-0.05, 0) is 6.42 Å². The fourth-order valence-electron chi connectivity index (χ4n) is 1.93. The Bertz CT molecular complexity index is 345. The van der Waals surface area contributed by atoms with Crippen LogP contribution in [0.5, 0.6) is 0 Å². The molecule has 1 aromatic rings. The molecule has 1 aliphatic rings. The maximum Gasteiger partial charge on any atom is 0.151 e. The van der Waals surface area contributed by atoms with Crippen LogP contribution in [0, 0.1) is 0 Å². The molecule has 0 bridgehead atoms. The van der Waals surface area contributed by atoms with Crippen LogP contribution >= 0.6 is 11.8 Å². The highest BCUT2D eigenvalue weighted by Gasteiger charge is 2.21. The average molecular weight is 238 g/mol. The smallest absolute Gasteiger partial charge is 0.151 e. The zero-order chi connectivity index (χ0) is 11.4. The first-order valence-electron chi connectivity index (χ1n) is 5.71. The van der Waals surface area contributed by atoms with E-state index >= 15 is 0 Å². The summed E-state index contributed by atoms with van der Waals surface area (Å²) < 4.78 is 0. The number of nitrogens with two attached hydrogens (primary N) is 1. The lowest BCUT2D eigenvalue weighted by molar-refractivity contribution is 0.711. The molecular formula is C11H18N4S. The lowest BCUT2D eigenvalue weighted by Gasteiger charge is -2.33. The van der Waals surface area contributed by atoms with E-state index in [1.165, 1.54) is 12.2 Å². The molecule has 0 amide bonds. The number of aromatic nitrogens is 2. The number of nitrogens with zero attached hydrogens (tertiary/aromatic N) is 3. The quantitative estimate of drug-likeness (QED) is 0.859. The predicted octanol–water partition coefficient (Wildman–Crippen LogP) is 1.27. The van der Waals surface area contributed by atoms with Gasteiger partial charge in [-0.3, -0.25) is 4.98 Å². The summed E-state index contributed by atoms with van der Waals surface area (Å²) in [5, 5.41) is 0.710. The van der Waals surface area contributed by atoms with Crippen LogP contribution < -0.4 is 10.6 Å². The molecule has 1 atom stereocenters. The number of anilines is 1. The molecule has 0 radical (unpaired) electrons. The van der Waals surface area contributed by atoms with Gasteiger partial charge in [0.2, 0.25) is 0 Å². The number of thioether (sulfide) groups is 1. The molecule has 1 aliphatic heterocycles. The van der Waals surface area contributed by atoms with E-state index in [0.29, 0.717) is 11.8 Å². The number of hydrogen-bond acceptors (Lipinski definition) is 5. The van der Waals surface area contributed by atoms with Crippen molar-refractivity contribution in [3.8, 4) is 0 Å². The topological polar surface area (TPSA) is 55.0 Å². The van der Waals surface area contributed by atoms with Gasteiger partial charge in [-0.25, -0.2) is 4.98 Å². The Kier molecular flexibility index (Phi) is 4.01. The van der Waals surface area contributed by atoms with Crippen molar-refractivity contribution in [3.63, 3.8) is 0 Å². The second kappa shape index (κ2) is 5.50. The third kappa shape index (κ3) is 2.47. The molecule has 1 unspecified atom stereocenters. The largest absolute Gasteiger partial charge is 0.353 e. The molecule has 2 rings (SSSR count). The van der Waals surface area contributed by atoms with Crippen LogP contribution in [0.25, 0.3) is 0 Å². The lowest BCUT2D eigenvalue weighted by Crippen LogP contribution is -2.39. The van der Waals surface area contributed by atoms with Crippen molar-refractivity contribution in [2.24, 2.45) is 5.73 Å². The summed E-state index contributed by atoms with van der Waals surface area (Å²) in [4.78, 5) is 11.0. The van der Waals surface area contributed by atoms with Crippen LogP contribution in [-0.4, -0.2) is 34.1 Å². The van der Waals surface area contributed by atoms with Gasteiger partial charge in [0.05, 0.1) is 5.69 Å². The fourth-order valence-corrected chi connectivity index (χ4v) is 3.11. The van der Waals surface area contributed by atoms with Gasteiger partial charge >= 0.3 is 0 Å². The molecule has 5 heteroatoms. The van der Waals surface area contributed by atoms with Crippen molar-refractivity contribution in [2.75, 3.05) is 23.7 Å². The summed E-state index contributed by atoms with van der Waals surface area (Å²) in [6, 6.07) is 0. The Balaban J connectivity index is 2.16. The highest BCUT2D eigenvalue weighted by Crippen LogP contribution is 2.25. The van der Waals surface area contributed by atoms with E-state index in [1.807, 2.05) is 0 Å². The van der Waals surface area contributed by atoms with E-state index in [1.54, 1.807) is 12.4 Å². The van der Waals surface area contributed by atoms with Gasteiger partial charge in [-0.1, -0.05) is 6.92 Å². The van der Waals surface area contributed by atoms with Crippen LogP contribution in [0.4, 0.5) is 5.82 Å². The molecular weight excluding hydrogens is 220 g/mol. The van der Waals surface area contributed by atoms with Crippen molar-refractivity contribution >= 4 is 17.6 Å². The SMILES string of the molecule is CCC1CN(c2nccnc2CN)CCS1. The maximum atomic E-state index is 5.69. The van der Waals surface area contributed by atoms with Gasteiger partial charge < -0.3 is 10.6 Å². The van der Waals surface area contributed by atoms with Crippen LogP contribution in [0.1, 0.15) is 19.0 Å². The summed E-state index contributed by atoms with van der Waals surface area (Å²) in [6.07, 6.45) is 4.66. The molecule has 1 fully saturated rings. The first kappa shape index (κ1) is 11.7. The molecule has 88 valence electrons. The van der Waals surface area contributed by atoms with Gasteiger partial charge in [0.25, 0.3) is 0 Å². The highest BCUT2D eigenvalue weighted by molar-refractivity contribution is 8.00. The zero-order valence-corrected chi connectivity index (χ0v) is 10.4. The van der Waals surface area contributed by atoms with E-state index < -0.39 is 0 Å². The minimum absolute atomic E-state index is 0.462. The van der Waals surface area contributed by atoms with E-state index in [2.05, 4.69) is 33.6 Å². The second-order valence-corrected chi connectivity index (χ2v) is 5.29. The normalized spacial score (nSPS) is 21.1. The molecule has 16 heavy (non-hydrogen) atoms. The van der Waals surface area contributed by atoms with Crippen molar-refractivity contribution in [1.82, 2.24) is 9.97 Å². The van der Waals surface area contributed by atoms with Gasteiger partial charge in [0, 0.05) is 43.0 Å². The molecule has 0 saturated carbocycles. The first-order chi connectivity index (χ1) is 7.85. The fraction of sp³-hybridized carbons (Fsp3) is 0.636. The van der Waals surface area contributed by atoms with E-state index in [0.717, 1.165) is 24.6 Å². The molecule has 1 aromatic heterocycles. The predicted molar refractivity (Wildman–Crippen MR) is 68.7 cm³/mol. The monoisotopic (exact) mass is 238 g/mol. The summed E-state index contributed by atoms with van der Waals surface area (Å²) in [6.45, 7) is 4.81. The van der Waals surface area contributed by atoms with E-state index in [9.17, 15) is 0 Å². The van der Waals surface area contributed by atoms with Crippen LogP contribution in [-0.2, 0) is 6.54 Å². The number of rotatable bonds is 3. The van der Waals surface area contributed by atoms with Crippen molar-refractivity contribution in [2.45, 2.75) is 25.1 Å². The van der Waals surface area contributed by atoms with Crippen LogP contribution in [0.15, 0.2) is 12.4 Å². The molecule has 0 spiro atoms. The van der Waals surface area contributed by atoms with Gasteiger partial charge in [-0.2, -0.15) is 11.8 Å².